The number of para-hydroxylation sites is 1. The summed E-state index contributed by atoms with van der Waals surface area (Å²) in [6, 6.07) is 13.5. The summed E-state index contributed by atoms with van der Waals surface area (Å²) in [4.78, 5) is 31.8. The van der Waals surface area contributed by atoms with Crippen molar-refractivity contribution >= 4 is 17.9 Å². The number of aromatic nitrogens is 2. The minimum Gasteiger partial charge on any atom is -0.478 e. The van der Waals surface area contributed by atoms with Crippen LogP contribution >= 0.6 is 0 Å². The van der Waals surface area contributed by atoms with Gasteiger partial charge in [-0.25, -0.2) is 19.1 Å². The Bertz CT molecular complexity index is 947. The number of carboxylic acids is 3. The van der Waals surface area contributed by atoms with Crippen molar-refractivity contribution in [3.8, 4) is 5.69 Å². The Balaban J connectivity index is 0.000000194. The summed E-state index contributed by atoms with van der Waals surface area (Å²) < 4.78 is 1.53. The molecule has 0 saturated heterocycles. The topological polar surface area (TPSA) is 130 Å². The SMILES string of the molecule is Cc1c(C(=O)O)cccc1C(=O)O.O=C(O)c1cnn(-c2ccccc2)c1. The fraction of sp³-hybridized carbons (Fsp3) is 0.0526. The van der Waals surface area contributed by atoms with E-state index in [-0.39, 0.29) is 22.3 Å². The Morgan fingerprint density at radius 3 is 1.81 bits per heavy atom. The highest BCUT2D eigenvalue weighted by Gasteiger charge is 2.13. The highest BCUT2D eigenvalue weighted by molar-refractivity contribution is 5.96. The molecule has 138 valence electrons. The lowest BCUT2D eigenvalue weighted by atomic mass is 10.0. The normalized spacial score (nSPS) is 9.81. The first-order valence-electron chi connectivity index (χ1n) is 7.71. The van der Waals surface area contributed by atoms with Gasteiger partial charge >= 0.3 is 17.9 Å². The Kier molecular flexibility index (Phi) is 6.06. The van der Waals surface area contributed by atoms with Crippen molar-refractivity contribution in [3.05, 3.63) is 83.2 Å². The van der Waals surface area contributed by atoms with Crippen LogP contribution in [0.1, 0.15) is 36.6 Å². The van der Waals surface area contributed by atoms with Crippen LogP contribution in [0.5, 0.6) is 0 Å². The number of nitrogens with zero attached hydrogens (tertiary/aromatic N) is 2. The monoisotopic (exact) mass is 368 g/mol. The van der Waals surface area contributed by atoms with E-state index >= 15 is 0 Å². The van der Waals surface area contributed by atoms with E-state index in [1.807, 2.05) is 30.3 Å². The van der Waals surface area contributed by atoms with Gasteiger partial charge < -0.3 is 15.3 Å². The van der Waals surface area contributed by atoms with E-state index in [4.69, 9.17) is 15.3 Å². The Morgan fingerprint density at radius 2 is 1.37 bits per heavy atom. The smallest absolute Gasteiger partial charge is 0.338 e. The van der Waals surface area contributed by atoms with Crippen molar-refractivity contribution in [2.24, 2.45) is 0 Å². The molecule has 8 nitrogen and oxygen atoms in total. The van der Waals surface area contributed by atoms with Gasteiger partial charge in [-0.15, -0.1) is 0 Å². The van der Waals surface area contributed by atoms with E-state index in [2.05, 4.69) is 5.10 Å². The quantitative estimate of drug-likeness (QED) is 0.645. The molecule has 3 rings (SSSR count). The molecule has 0 unspecified atom stereocenters. The molecular weight excluding hydrogens is 352 g/mol. The lowest BCUT2D eigenvalue weighted by Crippen LogP contribution is -2.06. The second-order valence-electron chi connectivity index (χ2n) is 5.40. The minimum absolute atomic E-state index is 0.0277. The third-order valence-electron chi connectivity index (χ3n) is 3.64. The fourth-order valence-corrected chi connectivity index (χ4v) is 2.25. The summed E-state index contributed by atoms with van der Waals surface area (Å²) in [7, 11) is 0. The van der Waals surface area contributed by atoms with Crippen LogP contribution in [-0.2, 0) is 0 Å². The van der Waals surface area contributed by atoms with E-state index < -0.39 is 17.9 Å². The van der Waals surface area contributed by atoms with Gasteiger partial charge in [0.15, 0.2) is 0 Å². The standard InChI is InChI=1S/C10H8N2O2.C9H8O4/c13-10(14)8-6-11-12(7-8)9-4-2-1-3-5-9;1-5-6(8(10)11)3-2-4-7(5)9(12)13/h1-7H,(H,13,14);2-4H,1H3,(H,10,11)(H,12,13). The van der Waals surface area contributed by atoms with Gasteiger partial charge in [0.25, 0.3) is 0 Å². The van der Waals surface area contributed by atoms with E-state index in [1.165, 1.54) is 42.2 Å². The van der Waals surface area contributed by atoms with Crippen molar-refractivity contribution in [1.29, 1.82) is 0 Å². The predicted molar refractivity (Wildman–Crippen MR) is 95.6 cm³/mol. The van der Waals surface area contributed by atoms with Crippen molar-refractivity contribution in [3.63, 3.8) is 0 Å². The van der Waals surface area contributed by atoms with Gasteiger partial charge in [0.05, 0.1) is 28.6 Å². The molecule has 0 aliphatic carbocycles. The molecule has 1 aromatic heterocycles. The number of carbonyl (C=O) groups is 3. The molecule has 1 heterocycles. The Morgan fingerprint density at radius 1 is 0.815 bits per heavy atom. The molecule has 27 heavy (non-hydrogen) atoms. The first kappa shape index (κ1) is 19.4. The first-order chi connectivity index (χ1) is 12.8. The number of benzene rings is 2. The van der Waals surface area contributed by atoms with Crippen LogP contribution in [0.4, 0.5) is 0 Å². The van der Waals surface area contributed by atoms with Crippen LogP contribution in [0.15, 0.2) is 60.9 Å². The molecule has 0 spiro atoms. The van der Waals surface area contributed by atoms with Gasteiger partial charge in [0, 0.05) is 6.20 Å². The average molecular weight is 368 g/mol. The largest absolute Gasteiger partial charge is 0.478 e. The van der Waals surface area contributed by atoms with Crippen molar-refractivity contribution in [1.82, 2.24) is 9.78 Å². The maximum absolute atomic E-state index is 10.6. The lowest BCUT2D eigenvalue weighted by Gasteiger charge is -2.03. The molecular formula is C19H16N2O6. The van der Waals surface area contributed by atoms with Gasteiger partial charge in [0.2, 0.25) is 0 Å². The number of hydrogen-bond donors (Lipinski definition) is 3. The summed E-state index contributed by atoms with van der Waals surface area (Å²) in [5.74, 6) is -3.19. The molecule has 0 bridgehead atoms. The number of aromatic carboxylic acids is 3. The van der Waals surface area contributed by atoms with E-state index in [1.54, 1.807) is 0 Å². The molecule has 0 saturated carbocycles. The maximum Gasteiger partial charge on any atom is 0.338 e. The summed E-state index contributed by atoms with van der Waals surface area (Å²) in [5.41, 5.74) is 1.37. The van der Waals surface area contributed by atoms with Gasteiger partial charge in [0.1, 0.15) is 0 Å². The zero-order chi connectivity index (χ0) is 20.0. The number of carboxylic acid groups (broad SMARTS) is 3. The number of rotatable bonds is 4. The average Bonchev–Trinajstić information content (AvgIpc) is 3.13. The first-order valence-corrected chi connectivity index (χ1v) is 7.71. The molecule has 0 aliphatic heterocycles. The van der Waals surface area contributed by atoms with Crippen LogP contribution in [0.3, 0.4) is 0 Å². The van der Waals surface area contributed by atoms with Gasteiger partial charge in [-0.1, -0.05) is 24.3 Å². The van der Waals surface area contributed by atoms with E-state index in [0.717, 1.165) is 5.69 Å². The molecule has 3 N–H and O–H groups in total. The van der Waals surface area contributed by atoms with Crippen molar-refractivity contribution in [2.75, 3.05) is 0 Å². The summed E-state index contributed by atoms with van der Waals surface area (Å²) in [6.07, 6.45) is 2.81. The van der Waals surface area contributed by atoms with Crippen LogP contribution < -0.4 is 0 Å². The second-order valence-corrected chi connectivity index (χ2v) is 5.40. The predicted octanol–water partition coefficient (Wildman–Crippen LogP) is 2.96. The molecule has 0 radical (unpaired) electrons. The molecule has 0 atom stereocenters. The fourth-order valence-electron chi connectivity index (χ4n) is 2.25. The second kappa shape index (κ2) is 8.43. The van der Waals surface area contributed by atoms with Crippen molar-refractivity contribution < 1.29 is 29.7 Å². The van der Waals surface area contributed by atoms with Gasteiger partial charge in [-0.2, -0.15) is 5.10 Å². The van der Waals surface area contributed by atoms with Crippen LogP contribution in [0, 0.1) is 6.92 Å². The van der Waals surface area contributed by atoms with Gasteiger partial charge in [-0.05, 0) is 36.8 Å². The Hall–Kier alpha value is -3.94. The Labute approximate surface area is 153 Å². The van der Waals surface area contributed by atoms with Gasteiger partial charge in [-0.3, -0.25) is 0 Å². The molecule has 0 fully saturated rings. The third-order valence-corrected chi connectivity index (χ3v) is 3.64. The summed E-state index contributed by atoms with van der Waals surface area (Å²) >= 11 is 0. The minimum atomic E-state index is -1.11. The summed E-state index contributed by atoms with van der Waals surface area (Å²) in [6.45, 7) is 1.48. The third kappa shape index (κ3) is 4.79. The highest BCUT2D eigenvalue weighted by Crippen LogP contribution is 2.13. The molecule has 3 aromatic rings. The number of hydrogen-bond acceptors (Lipinski definition) is 4. The highest BCUT2D eigenvalue weighted by atomic mass is 16.4. The lowest BCUT2D eigenvalue weighted by molar-refractivity contribution is 0.0681. The van der Waals surface area contributed by atoms with E-state index in [0.29, 0.717) is 0 Å². The van der Waals surface area contributed by atoms with Crippen LogP contribution in [0.2, 0.25) is 0 Å². The van der Waals surface area contributed by atoms with Crippen LogP contribution in [-0.4, -0.2) is 43.0 Å². The van der Waals surface area contributed by atoms with E-state index in [9.17, 15) is 14.4 Å². The summed E-state index contributed by atoms with van der Waals surface area (Å²) in [5, 5.41) is 30.0. The molecule has 0 aliphatic rings. The zero-order valence-electron chi connectivity index (χ0n) is 14.2. The maximum atomic E-state index is 10.6. The molecule has 0 amide bonds. The zero-order valence-corrected chi connectivity index (χ0v) is 14.2. The molecule has 8 heteroatoms. The van der Waals surface area contributed by atoms with Crippen molar-refractivity contribution in [2.45, 2.75) is 6.92 Å². The van der Waals surface area contributed by atoms with Crippen LogP contribution in [0.25, 0.3) is 5.69 Å². The molecule has 2 aromatic carbocycles.